The summed E-state index contributed by atoms with van der Waals surface area (Å²) in [7, 11) is 0. The molecule has 0 aliphatic heterocycles. The van der Waals surface area contributed by atoms with Crippen molar-refractivity contribution in [3.63, 3.8) is 0 Å². The molecule has 1 fully saturated rings. The maximum absolute atomic E-state index is 12.6. The molecule has 0 unspecified atom stereocenters. The van der Waals surface area contributed by atoms with E-state index in [9.17, 15) is 4.79 Å². The van der Waals surface area contributed by atoms with Crippen LogP contribution < -0.4 is 0 Å². The minimum absolute atomic E-state index is 0.0351. The highest BCUT2D eigenvalue weighted by Crippen LogP contribution is 2.29. The Morgan fingerprint density at radius 3 is 2.77 bits per heavy atom. The number of carbonyl (C=O) groups excluding carboxylic acids is 1. The van der Waals surface area contributed by atoms with E-state index in [1.54, 1.807) is 34.4 Å². The van der Waals surface area contributed by atoms with Crippen LogP contribution >= 0.6 is 22.9 Å². The Morgan fingerprint density at radius 1 is 1.27 bits per heavy atom. The number of aromatic nitrogens is 2. The summed E-state index contributed by atoms with van der Waals surface area (Å²) >= 11 is 7.50. The minimum Gasteiger partial charge on any atom is -0.419 e. The van der Waals surface area contributed by atoms with Crippen molar-refractivity contribution in [3.8, 4) is 11.5 Å². The number of rotatable bonds is 6. The van der Waals surface area contributed by atoms with Gasteiger partial charge in [-0.25, -0.2) is 0 Å². The Hall–Kier alpha value is -2.44. The van der Waals surface area contributed by atoms with Gasteiger partial charge in [0.2, 0.25) is 17.7 Å². The van der Waals surface area contributed by atoms with Crippen molar-refractivity contribution in [2.45, 2.75) is 25.4 Å². The lowest BCUT2D eigenvalue weighted by molar-refractivity contribution is -0.127. The third-order valence-electron chi connectivity index (χ3n) is 4.07. The van der Waals surface area contributed by atoms with Gasteiger partial charge in [-0.1, -0.05) is 17.7 Å². The highest BCUT2D eigenvalue weighted by molar-refractivity contribution is 7.10. The first-order chi connectivity index (χ1) is 12.7. The van der Waals surface area contributed by atoms with Crippen LogP contribution in [0.4, 0.5) is 0 Å². The monoisotopic (exact) mass is 385 g/mol. The highest BCUT2D eigenvalue weighted by atomic mass is 35.5. The van der Waals surface area contributed by atoms with Crippen LogP contribution in [0.5, 0.6) is 0 Å². The number of amides is 1. The molecule has 0 radical (unpaired) electrons. The van der Waals surface area contributed by atoms with Gasteiger partial charge in [0.15, 0.2) is 0 Å². The normalized spacial score (nSPS) is 14.0. The number of carbonyl (C=O) groups is 1. The van der Waals surface area contributed by atoms with Crippen LogP contribution in [0.3, 0.4) is 0 Å². The van der Waals surface area contributed by atoms with Gasteiger partial charge in [0.05, 0.1) is 6.54 Å². The van der Waals surface area contributed by atoms with Gasteiger partial charge in [-0.15, -0.1) is 21.5 Å². The third-order valence-corrected chi connectivity index (χ3v) is 5.16. The van der Waals surface area contributed by atoms with E-state index in [0.29, 0.717) is 23.3 Å². The summed E-state index contributed by atoms with van der Waals surface area (Å²) in [4.78, 5) is 15.4. The first kappa shape index (κ1) is 17.0. The summed E-state index contributed by atoms with van der Waals surface area (Å²) in [6, 6.07) is 11.4. The van der Waals surface area contributed by atoms with Gasteiger partial charge in [-0.05, 0) is 54.6 Å². The summed E-state index contributed by atoms with van der Waals surface area (Å²) in [5, 5.41) is 10.8. The molecule has 3 aromatic rings. The zero-order chi connectivity index (χ0) is 17.9. The largest absolute Gasteiger partial charge is 0.419 e. The standard InChI is InChI=1S/C19H16ClN3O2S/c20-14-5-3-13(4-6-14)19-22-21-17(25-19)12-23(15-7-8-15)18(24)10-9-16-2-1-11-26-16/h1-6,9-11,15H,7-8,12H2/b10-9+. The third kappa shape index (κ3) is 4.03. The lowest BCUT2D eigenvalue weighted by Crippen LogP contribution is -2.31. The first-order valence-electron chi connectivity index (χ1n) is 8.29. The Morgan fingerprint density at radius 2 is 2.08 bits per heavy atom. The summed E-state index contributed by atoms with van der Waals surface area (Å²) in [6.45, 7) is 0.318. The van der Waals surface area contributed by atoms with Crippen LogP contribution in [-0.2, 0) is 11.3 Å². The van der Waals surface area contributed by atoms with Gasteiger partial charge in [-0.3, -0.25) is 4.79 Å². The molecule has 1 saturated carbocycles. The molecule has 1 aromatic carbocycles. The first-order valence-corrected chi connectivity index (χ1v) is 9.55. The van der Waals surface area contributed by atoms with Gasteiger partial charge in [0.25, 0.3) is 0 Å². The van der Waals surface area contributed by atoms with Crippen molar-refractivity contribution in [1.82, 2.24) is 15.1 Å². The Bertz CT molecular complexity index is 915. The van der Waals surface area contributed by atoms with Crippen molar-refractivity contribution < 1.29 is 9.21 Å². The lowest BCUT2D eigenvalue weighted by Gasteiger charge is -2.18. The van der Waals surface area contributed by atoms with E-state index in [1.807, 2.05) is 35.7 Å². The second-order valence-electron chi connectivity index (χ2n) is 6.05. The highest BCUT2D eigenvalue weighted by Gasteiger charge is 2.32. The fraction of sp³-hybridized carbons (Fsp3) is 0.211. The Kier molecular flexibility index (Phi) is 4.86. The van der Waals surface area contributed by atoms with E-state index in [2.05, 4.69) is 10.2 Å². The van der Waals surface area contributed by atoms with Crippen LogP contribution in [-0.4, -0.2) is 27.0 Å². The molecule has 0 bridgehead atoms. The maximum Gasteiger partial charge on any atom is 0.247 e. The van der Waals surface area contributed by atoms with Gasteiger partial charge in [0.1, 0.15) is 0 Å². The number of nitrogens with zero attached hydrogens (tertiary/aromatic N) is 3. The fourth-order valence-electron chi connectivity index (χ4n) is 2.58. The quantitative estimate of drug-likeness (QED) is 0.579. The van der Waals surface area contributed by atoms with Crippen LogP contribution in [0.1, 0.15) is 23.6 Å². The molecule has 5 nitrogen and oxygen atoms in total. The predicted octanol–water partition coefficient (Wildman–Crippen LogP) is 4.66. The molecule has 2 aromatic heterocycles. The number of hydrogen-bond acceptors (Lipinski definition) is 5. The Balaban J connectivity index is 1.47. The second-order valence-corrected chi connectivity index (χ2v) is 7.47. The summed E-state index contributed by atoms with van der Waals surface area (Å²) in [6.07, 6.45) is 5.48. The maximum atomic E-state index is 12.6. The number of hydrogen-bond donors (Lipinski definition) is 0. The molecule has 132 valence electrons. The van der Waals surface area contributed by atoms with Crippen LogP contribution in [0.25, 0.3) is 17.5 Å². The fourth-order valence-corrected chi connectivity index (χ4v) is 3.32. The smallest absolute Gasteiger partial charge is 0.247 e. The number of benzene rings is 1. The molecule has 1 aliphatic rings. The SMILES string of the molecule is O=C(/C=C/c1cccs1)N(Cc1nnc(-c2ccc(Cl)cc2)o1)C1CC1. The zero-order valence-electron chi connectivity index (χ0n) is 13.8. The second kappa shape index (κ2) is 7.43. The minimum atomic E-state index is -0.0351. The topological polar surface area (TPSA) is 59.2 Å². The predicted molar refractivity (Wildman–Crippen MR) is 102 cm³/mol. The molecule has 1 amide bonds. The van der Waals surface area contributed by atoms with E-state index in [1.165, 1.54) is 0 Å². The van der Waals surface area contributed by atoms with Crippen LogP contribution in [0, 0.1) is 0 Å². The lowest BCUT2D eigenvalue weighted by atomic mass is 10.2. The van der Waals surface area contributed by atoms with E-state index >= 15 is 0 Å². The summed E-state index contributed by atoms with van der Waals surface area (Å²) < 4.78 is 5.74. The van der Waals surface area contributed by atoms with Gasteiger partial charge in [-0.2, -0.15) is 0 Å². The molecule has 0 spiro atoms. The number of thiophene rings is 1. The Labute approximate surface area is 159 Å². The van der Waals surface area contributed by atoms with Crippen molar-refractivity contribution in [2.75, 3.05) is 0 Å². The van der Waals surface area contributed by atoms with Gasteiger partial charge in [0, 0.05) is 27.6 Å². The van der Waals surface area contributed by atoms with Crippen molar-refractivity contribution in [2.24, 2.45) is 0 Å². The molecule has 26 heavy (non-hydrogen) atoms. The molecular weight excluding hydrogens is 370 g/mol. The van der Waals surface area contributed by atoms with E-state index in [-0.39, 0.29) is 11.9 Å². The molecule has 7 heteroatoms. The zero-order valence-corrected chi connectivity index (χ0v) is 15.4. The van der Waals surface area contributed by atoms with Gasteiger partial charge < -0.3 is 9.32 Å². The van der Waals surface area contributed by atoms with Crippen molar-refractivity contribution in [3.05, 3.63) is 63.6 Å². The average molecular weight is 386 g/mol. The number of halogens is 1. The van der Waals surface area contributed by atoms with Gasteiger partial charge >= 0.3 is 0 Å². The molecular formula is C19H16ClN3O2S. The van der Waals surface area contributed by atoms with Crippen LogP contribution in [0.15, 0.2) is 52.3 Å². The average Bonchev–Trinajstić information content (AvgIpc) is 3.16. The van der Waals surface area contributed by atoms with E-state index < -0.39 is 0 Å². The summed E-state index contributed by atoms with van der Waals surface area (Å²) in [5.41, 5.74) is 0.801. The van der Waals surface area contributed by atoms with E-state index in [0.717, 1.165) is 23.3 Å². The molecule has 2 heterocycles. The molecule has 4 rings (SSSR count). The molecule has 1 aliphatic carbocycles. The van der Waals surface area contributed by atoms with Crippen molar-refractivity contribution in [1.29, 1.82) is 0 Å². The van der Waals surface area contributed by atoms with Crippen LogP contribution in [0.2, 0.25) is 5.02 Å². The molecule has 0 N–H and O–H groups in total. The molecule has 0 atom stereocenters. The van der Waals surface area contributed by atoms with Crippen molar-refractivity contribution >= 4 is 34.9 Å². The molecule has 0 saturated heterocycles. The summed E-state index contributed by atoms with van der Waals surface area (Å²) in [5.74, 6) is 0.820. The van der Waals surface area contributed by atoms with E-state index in [4.69, 9.17) is 16.0 Å².